The minimum atomic E-state index is -0.304. The van der Waals surface area contributed by atoms with Gasteiger partial charge in [-0.3, -0.25) is 10.1 Å². The van der Waals surface area contributed by atoms with Crippen LogP contribution in [-0.2, 0) is 17.6 Å². The highest BCUT2D eigenvalue weighted by atomic mass is 16.5. The van der Waals surface area contributed by atoms with E-state index in [9.17, 15) is 4.79 Å². The normalized spacial score (nSPS) is 19.8. The lowest BCUT2D eigenvalue weighted by atomic mass is 9.98. The summed E-state index contributed by atoms with van der Waals surface area (Å²) in [5, 5.41) is 6.87. The van der Waals surface area contributed by atoms with Gasteiger partial charge in [-0.2, -0.15) is 0 Å². The second-order valence-corrected chi connectivity index (χ2v) is 6.06. The summed E-state index contributed by atoms with van der Waals surface area (Å²) in [5.74, 6) is 0.453. The molecule has 126 valence electrons. The van der Waals surface area contributed by atoms with Gasteiger partial charge in [0.2, 0.25) is 11.8 Å². The number of carbonyl (C=O) groups is 1. The lowest BCUT2D eigenvalue weighted by Gasteiger charge is -2.14. The van der Waals surface area contributed by atoms with Gasteiger partial charge < -0.3 is 14.0 Å². The summed E-state index contributed by atoms with van der Waals surface area (Å²) in [5.41, 5.74) is 2.33. The van der Waals surface area contributed by atoms with Gasteiger partial charge in [-0.1, -0.05) is 5.16 Å². The van der Waals surface area contributed by atoms with E-state index in [-0.39, 0.29) is 12.0 Å². The molecule has 1 atom stereocenters. The van der Waals surface area contributed by atoms with Crippen molar-refractivity contribution in [1.29, 1.82) is 0 Å². The minimum absolute atomic E-state index is 0.0653. The Morgan fingerprint density at radius 3 is 3.12 bits per heavy atom. The maximum Gasteiger partial charge on any atom is 0.263 e. The molecule has 24 heavy (non-hydrogen) atoms. The Morgan fingerprint density at radius 1 is 1.33 bits per heavy atom. The van der Waals surface area contributed by atoms with Gasteiger partial charge in [-0.15, -0.1) is 0 Å². The molecule has 2 aromatic heterocycles. The fraction of sp³-hybridized carbons (Fsp3) is 0.471. The van der Waals surface area contributed by atoms with Crippen molar-refractivity contribution in [2.24, 2.45) is 0 Å². The van der Waals surface area contributed by atoms with Gasteiger partial charge in [0.1, 0.15) is 11.7 Å². The van der Waals surface area contributed by atoms with Gasteiger partial charge >= 0.3 is 0 Å². The van der Waals surface area contributed by atoms with E-state index in [1.54, 1.807) is 18.3 Å². The van der Waals surface area contributed by atoms with Crippen LogP contribution in [0.15, 0.2) is 22.9 Å². The van der Waals surface area contributed by atoms with Gasteiger partial charge in [0, 0.05) is 18.2 Å². The number of fused-ring (bicyclic) bond motifs is 1. The van der Waals surface area contributed by atoms with E-state index in [0.717, 1.165) is 43.4 Å². The van der Waals surface area contributed by atoms with Crippen LogP contribution in [0.4, 0.5) is 5.88 Å². The number of anilines is 1. The van der Waals surface area contributed by atoms with Crippen molar-refractivity contribution < 1.29 is 18.8 Å². The Balaban J connectivity index is 1.53. The standard InChI is InChI=1S/C17H19N3O4/c21-15(19-17-12-4-1-2-6-14(12)20-24-17)13-5-3-8-18-16(13)23-11-7-9-22-10-11/h3,5,8,11H,1-2,4,6-7,9-10H2,(H,19,21). The molecule has 0 saturated carbocycles. The Hall–Kier alpha value is -2.41. The predicted molar refractivity (Wildman–Crippen MR) is 85.2 cm³/mol. The number of nitrogens with zero attached hydrogens (tertiary/aromatic N) is 2. The van der Waals surface area contributed by atoms with E-state index in [2.05, 4.69) is 15.5 Å². The van der Waals surface area contributed by atoms with Gasteiger partial charge in [-0.05, 0) is 37.8 Å². The Morgan fingerprint density at radius 2 is 2.25 bits per heavy atom. The number of amides is 1. The van der Waals surface area contributed by atoms with Crippen LogP contribution in [0.2, 0.25) is 0 Å². The molecular formula is C17H19N3O4. The van der Waals surface area contributed by atoms with Crippen LogP contribution >= 0.6 is 0 Å². The molecular weight excluding hydrogens is 310 g/mol. The van der Waals surface area contributed by atoms with Crippen molar-refractivity contribution >= 4 is 11.8 Å². The number of pyridine rings is 1. The predicted octanol–water partition coefficient (Wildman–Crippen LogP) is 2.37. The lowest BCUT2D eigenvalue weighted by molar-refractivity contribution is 0.100. The van der Waals surface area contributed by atoms with E-state index in [4.69, 9.17) is 14.0 Å². The Labute approximate surface area is 139 Å². The first-order valence-electron chi connectivity index (χ1n) is 8.29. The molecule has 2 aliphatic rings. The molecule has 0 aromatic carbocycles. The quantitative estimate of drug-likeness (QED) is 0.927. The SMILES string of the molecule is O=C(Nc1onc2c1CCCC2)c1cccnc1OC1CCOC1. The van der Waals surface area contributed by atoms with Gasteiger partial charge in [0.25, 0.3) is 5.91 Å². The third-order valence-corrected chi connectivity index (χ3v) is 4.37. The summed E-state index contributed by atoms with van der Waals surface area (Å²) in [6, 6.07) is 3.40. The molecule has 1 aliphatic heterocycles. The molecule has 4 rings (SSSR count). The second-order valence-electron chi connectivity index (χ2n) is 6.06. The van der Waals surface area contributed by atoms with Crippen LogP contribution in [0, 0.1) is 0 Å². The average Bonchev–Trinajstić information content (AvgIpc) is 3.26. The number of carbonyl (C=O) groups excluding carboxylic acids is 1. The summed E-state index contributed by atoms with van der Waals surface area (Å²) in [6.07, 6.45) is 6.31. The zero-order chi connectivity index (χ0) is 16.4. The summed E-state index contributed by atoms with van der Waals surface area (Å²) >= 11 is 0. The summed E-state index contributed by atoms with van der Waals surface area (Å²) in [7, 11) is 0. The van der Waals surface area contributed by atoms with E-state index in [1.165, 1.54) is 0 Å². The van der Waals surface area contributed by atoms with E-state index < -0.39 is 0 Å². The van der Waals surface area contributed by atoms with E-state index in [1.807, 2.05) is 0 Å². The number of aromatic nitrogens is 2. The Kier molecular flexibility index (Phi) is 4.17. The van der Waals surface area contributed by atoms with Crippen LogP contribution in [0.25, 0.3) is 0 Å². The van der Waals surface area contributed by atoms with Crippen molar-refractivity contribution in [3.8, 4) is 5.88 Å². The Bertz CT molecular complexity index is 737. The first-order chi connectivity index (χ1) is 11.8. The van der Waals surface area contributed by atoms with Crippen LogP contribution in [-0.4, -0.2) is 35.4 Å². The maximum absolute atomic E-state index is 12.6. The zero-order valence-electron chi connectivity index (χ0n) is 13.3. The molecule has 7 nitrogen and oxygen atoms in total. The monoisotopic (exact) mass is 329 g/mol. The van der Waals surface area contributed by atoms with Crippen molar-refractivity contribution in [2.75, 3.05) is 18.5 Å². The molecule has 2 aromatic rings. The van der Waals surface area contributed by atoms with Gasteiger partial charge in [0.15, 0.2) is 0 Å². The van der Waals surface area contributed by atoms with Crippen molar-refractivity contribution in [3.05, 3.63) is 35.2 Å². The fourth-order valence-corrected chi connectivity index (χ4v) is 3.08. The zero-order valence-corrected chi connectivity index (χ0v) is 13.3. The molecule has 1 N–H and O–H groups in total. The summed E-state index contributed by atoms with van der Waals surface area (Å²) in [4.78, 5) is 16.8. The highest BCUT2D eigenvalue weighted by molar-refractivity contribution is 6.05. The molecule has 3 heterocycles. The minimum Gasteiger partial charge on any atom is -0.471 e. The molecule has 1 unspecified atom stereocenters. The van der Waals surface area contributed by atoms with Gasteiger partial charge in [-0.25, -0.2) is 4.98 Å². The first kappa shape index (κ1) is 15.1. The molecule has 1 amide bonds. The lowest BCUT2D eigenvalue weighted by Crippen LogP contribution is -2.20. The molecule has 7 heteroatoms. The molecule has 0 spiro atoms. The number of aryl methyl sites for hydroxylation is 1. The molecule has 0 bridgehead atoms. The number of ether oxygens (including phenoxy) is 2. The third kappa shape index (κ3) is 2.99. The van der Waals surface area contributed by atoms with Crippen LogP contribution < -0.4 is 10.1 Å². The fourth-order valence-electron chi connectivity index (χ4n) is 3.08. The maximum atomic E-state index is 12.6. The smallest absolute Gasteiger partial charge is 0.263 e. The third-order valence-electron chi connectivity index (χ3n) is 4.37. The first-order valence-corrected chi connectivity index (χ1v) is 8.29. The summed E-state index contributed by atoms with van der Waals surface area (Å²) < 4.78 is 16.4. The number of rotatable bonds is 4. The number of hydrogen-bond acceptors (Lipinski definition) is 6. The molecule has 1 saturated heterocycles. The topological polar surface area (TPSA) is 86.5 Å². The molecule has 1 aliphatic carbocycles. The van der Waals surface area contributed by atoms with Crippen molar-refractivity contribution in [2.45, 2.75) is 38.2 Å². The van der Waals surface area contributed by atoms with Gasteiger partial charge in [0.05, 0.1) is 18.9 Å². The van der Waals surface area contributed by atoms with E-state index in [0.29, 0.717) is 30.5 Å². The van der Waals surface area contributed by atoms with Crippen molar-refractivity contribution in [1.82, 2.24) is 10.1 Å². The number of hydrogen-bond donors (Lipinski definition) is 1. The second kappa shape index (κ2) is 6.60. The molecule has 1 fully saturated rings. The highest BCUT2D eigenvalue weighted by Crippen LogP contribution is 2.28. The van der Waals surface area contributed by atoms with E-state index >= 15 is 0 Å². The number of nitrogens with one attached hydrogen (secondary N) is 1. The summed E-state index contributed by atoms with van der Waals surface area (Å²) in [6.45, 7) is 1.19. The van der Waals surface area contributed by atoms with Crippen LogP contribution in [0.1, 0.15) is 40.9 Å². The average molecular weight is 329 g/mol. The van der Waals surface area contributed by atoms with Crippen molar-refractivity contribution in [3.63, 3.8) is 0 Å². The highest BCUT2D eigenvalue weighted by Gasteiger charge is 2.24. The molecule has 0 radical (unpaired) electrons. The van der Waals surface area contributed by atoms with Crippen LogP contribution in [0.5, 0.6) is 5.88 Å². The largest absolute Gasteiger partial charge is 0.471 e. The van der Waals surface area contributed by atoms with Crippen LogP contribution in [0.3, 0.4) is 0 Å².